The molecule has 0 unspecified atom stereocenters. The Morgan fingerprint density at radius 2 is 2.45 bits per heavy atom. The van der Waals surface area contributed by atoms with Crippen LogP contribution in [0.3, 0.4) is 0 Å². The highest BCUT2D eigenvalue weighted by molar-refractivity contribution is 5.88. The normalized spacial score (nSPS) is 9.64. The monoisotopic (exact) mass is 155 g/mol. The predicted octanol–water partition coefficient (Wildman–Crippen LogP) is 0.744. The summed E-state index contributed by atoms with van der Waals surface area (Å²) in [6.07, 6.45) is 0. The summed E-state index contributed by atoms with van der Waals surface area (Å²) in [5.41, 5.74) is 0. The van der Waals surface area contributed by atoms with E-state index in [1.807, 2.05) is 0 Å². The predicted molar refractivity (Wildman–Crippen MR) is 38.5 cm³/mol. The zero-order valence-corrected chi connectivity index (χ0v) is 6.13. The van der Waals surface area contributed by atoms with Gasteiger partial charge in [-0.1, -0.05) is 0 Å². The van der Waals surface area contributed by atoms with Crippen molar-refractivity contribution in [2.24, 2.45) is 0 Å². The smallest absolute Gasteiger partial charge is 0.249 e. The number of hydrogen-bond acceptors (Lipinski definition) is 4. The minimum Gasteiger partial charge on any atom is -0.479 e. The van der Waals surface area contributed by atoms with E-state index in [2.05, 4.69) is 4.74 Å². The van der Waals surface area contributed by atoms with Gasteiger partial charge in [-0.2, -0.15) is 0 Å². The van der Waals surface area contributed by atoms with Crippen LogP contribution in [0.4, 0.5) is 0 Å². The minimum absolute atomic E-state index is 0.0373. The standard InChI is InChI=1S/C7H9NO3/c1-10-7(8)6-3-2-5(4-9)11-6/h2-3,8-9H,4H2,1H3. The van der Waals surface area contributed by atoms with E-state index in [-0.39, 0.29) is 12.5 Å². The van der Waals surface area contributed by atoms with Crippen LogP contribution in [0.15, 0.2) is 16.5 Å². The fraction of sp³-hybridized carbons (Fsp3) is 0.286. The Labute approximate surface area is 63.9 Å². The molecule has 1 aromatic rings. The largest absolute Gasteiger partial charge is 0.479 e. The molecule has 0 spiro atoms. The van der Waals surface area contributed by atoms with Gasteiger partial charge in [0.1, 0.15) is 12.4 Å². The van der Waals surface area contributed by atoms with Gasteiger partial charge in [-0.15, -0.1) is 0 Å². The molecule has 0 aliphatic heterocycles. The minimum atomic E-state index is -0.156. The van der Waals surface area contributed by atoms with Gasteiger partial charge >= 0.3 is 0 Å². The van der Waals surface area contributed by atoms with Crippen molar-refractivity contribution in [3.05, 3.63) is 23.7 Å². The van der Waals surface area contributed by atoms with E-state index in [9.17, 15) is 0 Å². The summed E-state index contributed by atoms with van der Waals surface area (Å²) in [7, 11) is 1.39. The second kappa shape index (κ2) is 3.21. The molecule has 0 bridgehead atoms. The molecule has 2 N–H and O–H groups in total. The molecule has 0 aromatic carbocycles. The first-order valence-electron chi connectivity index (χ1n) is 3.10. The zero-order chi connectivity index (χ0) is 8.27. The summed E-state index contributed by atoms with van der Waals surface area (Å²) in [5, 5.41) is 15.8. The van der Waals surface area contributed by atoms with Crippen molar-refractivity contribution in [3.63, 3.8) is 0 Å². The number of hydrogen-bond donors (Lipinski definition) is 2. The summed E-state index contributed by atoms with van der Waals surface area (Å²) in [6, 6.07) is 3.18. The first-order chi connectivity index (χ1) is 5.27. The van der Waals surface area contributed by atoms with Crippen LogP contribution in [0.25, 0.3) is 0 Å². The van der Waals surface area contributed by atoms with Crippen molar-refractivity contribution in [1.29, 1.82) is 5.41 Å². The van der Waals surface area contributed by atoms with Crippen molar-refractivity contribution in [3.8, 4) is 0 Å². The number of furan rings is 1. The van der Waals surface area contributed by atoms with Crippen molar-refractivity contribution >= 4 is 5.90 Å². The number of methoxy groups -OCH3 is 1. The van der Waals surface area contributed by atoms with Crippen LogP contribution in [0.2, 0.25) is 0 Å². The van der Waals surface area contributed by atoms with Gasteiger partial charge in [-0.3, -0.25) is 5.41 Å². The van der Waals surface area contributed by atoms with Gasteiger partial charge in [0.15, 0.2) is 5.76 Å². The molecule has 0 atom stereocenters. The summed E-state index contributed by atoms with van der Waals surface area (Å²) in [5.74, 6) is 0.725. The first kappa shape index (κ1) is 7.81. The summed E-state index contributed by atoms with van der Waals surface area (Å²) < 4.78 is 9.59. The first-order valence-corrected chi connectivity index (χ1v) is 3.10. The molecule has 0 fully saturated rings. The maximum Gasteiger partial charge on any atom is 0.249 e. The molecule has 11 heavy (non-hydrogen) atoms. The molecule has 1 aromatic heterocycles. The van der Waals surface area contributed by atoms with E-state index in [0.29, 0.717) is 11.5 Å². The van der Waals surface area contributed by atoms with Gasteiger partial charge in [-0.05, 0) is 12.1 Å². The molecule has 1 heterocycles. The molecule has 4 nitrogen and oxygen atoms in total. The molecule has 0 aliphatic rings. The second-order valence-corrected chi connectivity index (χ2v) is 1.96. The van der Waals surface area contributed by atoms with Gasteiger partial charge < -0.3 is 14.3 Å². The average Bonchev–Trinajstić information content (AvgIpc) is 2.50. The Kier molecular flexibility index (Phi) is 2.28. The van der Waals surface area contributed by atoms with Crippen LogP contribution >= 0.6 is 0 Å². The van der Waals surface area contributed by atoms with E-state index in [1.165, 1.54) is 7.11 Å². The van der Waals surface area contributed by atoms with Crippen LogP contribution in [-0.2, 0) is 11.3 Å². The molecule has 0 radical (unpaired) electrons. The van der Waals surface area contributed by atoms with Crippen LogP contribution in [0.5, 0.6) is 0 Å². The molecule has 1 rings (SSSR count). The lowest BCUT2D eigenvalue weighted by Crippen LogP contribution is -1.98. The van der Waals surface area contributed by atoms with E-state index in [4.69, 9.17) is 14.9 Å². The topological polar surface area (TPSA) is 66.5 Å². The number of nitrogens with one attached hydrogen (secondary N) is 1. The highest BCUT2D eigenvalue weighted by Crippen LogP contribution is 2.08. The Bertz CT molecular complexity index is 254. The molecule has 0 saturated heterocycles. The van der Waals surface area contributed by atoms with Gasteiger partial charge in [0.2, 0.25) is 5.90 Å². The fourth-order valence-electron chi connectivity index (χ4n) is 0.686. The number of aliphatic hydroxyl groups excluding tert-OH is 1. The molecule has 4 heteroatoms. The van der Waals surface area contributed by atoms with Crippen LogP contribution in [0, 0.1) is 5.41 Å². The van der Waals surface area contributed by atoms with Crippen molar-refractivity contribution in [2.75, 3.05) is 7.11 Å². The maximum atomic E-state index is 8.60. The molecular formula is C7H9NO3. The van der Waals surface area contributed by atoms with E-state index < -0.39 is 0 Å². The van der Waals surface area contributed by atoms with Crippen molar-refractivity contribution in [2.45, 2.75) is 6.61 Å². The maximum absolute atomic E-state index is 8.60. The second-order valence-electron chi connectivity index (χ2n) is 1.96. The Morgan fingerprint density at radius 1 is 1.73 bits per heavy atom. The van der Waals surface area contributed by atoms with Gasteiger partial charge in [0.25, 0.3) is 0 Å². The van der Waals surface area contributed by atoms with Crippen LogP contribution in [-0.4, -0.2) is 18.1 Å². The van der Waals surface area contributed by atoms with Crippen molar-refractivity contribution in [1.82, 2.24) is 0 Å². The Balaban J connectivity index is 2.80. The summed E-state index contributed by atoms with van der Waals surface area (Å²) >= 11 is 0. The van der Waals surface area contributed by atoms with Gasteiger partial charge in [0.05, 0.1) is 7.11 Å². The van der Waals surface area contributed by atoms with Crippen LogP contribution in [0.1, 0.15) is 11.5 Å². The lowest BCUT2D eigenvalue weighted by atomic mass is 10.4. The molecule has 60 valence electrons. The lowest BCUT2D eigenvalue weighted by Gasteiger charge is -1.95. The molecular weight excluding hydrogens is 146 g/mol. The summed E-state index contributed by atoms with van der Waals surface area (Å²) in [4.78, 5) is 0. The third kappa shape index (κ3) is 1.59. The summed E-state index contributed by atoms with van der Waals surface area (Å²) in [6.45, 7) is -0.156. The fourth-order valence-corrected chi connectivity index (χ4v) is 0.686. The quantitative estimate of drug-likeness (QED) is 0.489. The highest BCUT2D eigenvalue weighted by Gasteiger charge is 2.05. The Hall–Kier alpha value is -1.29. The molecule has 0 saturated carbocycles. The zero-order valence-electron chi connectivity index (χ0n) is 6.13. The number of rotatable bonds is 2. The number of aliphatic hydroxyl groups is 1. The average molecular weight is 155 g/mol. The lowest BCUT2D eigenvalue weighted by molar-refractivity contribution is 0.245. The molecule has 0 amide bonds. The highest BCUT2D eigenvalue weighted by atomic mass is 16.5. The molecule has 0 aliphatic carbocycles. The van der Waals surface area contributed by atoms with E-state index >= 15 is 0 Å². The van der Waals surface area contributed by atoms with Gasteiger partial charge in [-0.25, -0.2) is 0 Å². The Morgan fingerprint density at radius 3 is 2.91 bits per heavy atom. The van der Waals surface area contributed by atoms with Gasteiger partial charge in [0, 0.05) is 0 Å². The van der Waals surface area contributed by atoms with E-state index in [1.54, 1.807) is 12.1 Å². The van der Waals surface area contributed by atoms with E-state index in [0.717, 1.165) is 0 Å². The van der Waals surface area contributed by atoms with Crippen LogP contribution < -0.4 is 0 Å². The third-order valence-corrected chi connectivity index (χ3v) is 1.25. The third-order valence-electron chi connectivity index (χ3n) is 1.25. The number of ether oxygens (including phenoxy) is 1. The van der Waals surface area contributed by atoms with Crippen molar-refractivity contribution < 1.29 is 14.3 Å². The SMILES string of the molecule is COC(=N)c1ccc(CO)o1.